The molecule has 11 rings (SSSR count). The van der Waals surface area contributed by atoms with Crippen molar-refractivity contribution in [2.45, 2.75) is 11.8 Å². The Hall–Kier alpha value is -7.49. The second-order valence-corrected chi connectivity index (χ2v) is 15.5. The fraction of sp³-hybridized carbons (Fsp3) is 0.0536. The molecule has 9 aromatic rings. The Balaban J connectivity index is 1.05. The molecule has 2 aliphatic carbocycles. The van der Waals surface area contributed by atoms with Gasteiger partial charge in [0.15, 0.2) is 0 Å². The zero-order chi connectivity index (χ0) is 39.3. The first-order valence-corrected chi connectivity index (χ1v) is 20.5. The van der Waals surface area contributed by atoms with Gasteiger partial charge in [-0.25, -0.2) is 4.98 Å². The number of benzene rings is 7. The second-order valence-electron chi connectivity index (χ2n) is 15.5. The number of nitrogens with zero attached hydrogens (tertiary/aromatic N) is 3. The van der Waals surface area contributed by atoms with E-state index in [1.807, 2.05) is 6.08 Å². The van der Waals surface area contributed by atoms with Gasteiger partial charge in [-0.05, 0) is 81.9 Å². The summed E-state index contributed by atoms with van der Waals surface area (Å²) in [6.45, 7) is 4.06. The van der Waals surface area contributed by atoms with Gasteiger partial charge in [0.2, 0.25) is 0 Å². The van der Waals surface area contributed by atoms with E-state index in [1.165, 1.54) is 60.5 Å². The Bertz CT molecular complexity index is 3230. The Kier molecular flexibility index (Phi) is 8.52. The van der Waals surface area contributed by atoms with Crippen LogP contribution in [0, 0.1) is 5.92 Å². The molecule has 3 heteroatoms. The molecule has 0 N–H and O–H groups in total. The number of fused-ring (bicyclic) bond motifs is 5. The fourth-order valence-electron chi connectivity index (χ4n) is 9.58. The van der Waals surface area contributed by atoms with Crippen molar-refractivity contribution in [1.29, 1.82) is 0 Å². The summed E-state index contributed by atoms with van der Waals surface area (Å²) in [4.78, 5) is 5.16. The van der Waals surface area contributed by atoms with E-state index in [0.29, 0.717) is 0 Å². The Morgan fingerprint density at radius 3 is 1.98 bits per heavy atom. The van der Waals surface area contributed by atoms with Crippen molar-refractivity contribution in [3.63, 3.8) is 0 Å². The molecule has 0 amide bonds. The number of rotatable bonds is 8. The molecule has 2 aromatic heterocycles. The summed E-state index contributed by atoms with van der Waals surface area (Å²) >= 11 is 0. The van der Waals surface area contributed by atoms with Crippen molar-refractivity contribution >= 4 is 45.7 Å². The van der Waals surface area contributed by atoms with Gasteiger partial charge in [0.05, 0.1) is 21.9 Å². The second kappa shape index (κ2) is 14.5. The van der Waals surface area contributed by atoms with Crippen molar-refractivity contribution < 1.29 is 0 Å². The van der Waals surface area contributed by atoms with E-state index >= 15 is 0 Å². The van der Waals surface area contributed by atoms with Gasteiger partial charge in [-0.2, -0.15) is 0 Å². The summed E-state index contributed by atoms with van der Waals surface area (Å²) < 4.78 is 4.69. The van der Waals surface area contributed by atoms with Gasteiger partial charge in [-0.3, -0.25) is 4.57 Å². The van der Waals surface area contributed by atoms with E-state index in [4.69, 9.17) is 4.98 Å². The van der Waals surface area contributed by atoms with Crippen LogP contribution in [-0.2, 0) is 0 Å². The lowest BCUT2D eigenvalue weighted by molar-refractivity contribution is 0.754. The van der Waals surface area contributed by atoms with Crippen LogP contribution in [0.5, 0.6) is 0 Å². The highest BCUT2D eigenvalue weighted by molar-refractivity contribution is 5.95. The Morgan fingerprint density at radius 1 is 0.559 bits per heavy atom. The standard InChI is InChI=1S/C56H41N3/c1-2-3-18-41-36-54-49(47-27-14-16-29-52(47)58(54)42-20-6-4-7-21-42)37-48(41)45-25-12-13-26-46(45)50-35-40-19-10-11-24-44(40)55(50)38-31-33-39(34-32-38)56-57-51-28-15-17-30-53(51)59(56)43-22-8-5-9-23-43/h2-37,41,48,55H,1H2/b18-3-. The lowest BCUT2D eigenvalue weighted by atomic mass is 9.76. The van der Waals surface area contributed by atoms with Crippen LogP contribution in [0.25, 0.3) is 68.5 Å². The highest BCUT2D eigenvalue weighted by atomic mass is 15.1. The van der Waals surface area contributed by atoms with Crippen LogP contribution in [0.3, 0.4) is 0 Å². The van der Waals surface area contributed by atoms with E-state index in [-0.39, 0.29) is 17.8 Å². The first-order valence-electron chi connectivity index (χ1n) is 20.5. The van der Waals surface area contributed by atoms with Crippen molar-refractivity contribution in [2.75, 3.05) is 0 Å². The van der Waals surface area contributed by atoms with Gasteiger partial charge in [0.25, 0.3) is 0 Å². The van der Waals surface area contributed by atoms with Crippen LogP contribution in [0.2, 0.25) is 0 Å². The highest BCUT2D eigenvalue weighted by Gasteiger charge is 2.32. The number of aromatic nitrogens is 3. The predicted octanol–water partition coefficient (Wildman–Crippen LogP) is 12.0. The number of hydrogen-bond donors (Lipinski definition) is 0. The predicted molar refractivity (Wildman–Crippen MR) is 246 cm³/mol. The van der Waals surface area contributed by atoms with Crippen molar-refractivity contribution in [3.05, 3.63) is 245 Å². The van der Waals surface area contributed by atoms with Gasteiger partial charge in [0, 0.05) is 45.3 Å². The van der Waals surface area contributed by atoms with E-state index in [2.05, 4.69) is 228 Å². The van der Waals surface area contributed by atoms with Gasteiger partial charge in [-0.1, -0.05) is 176 Å². The molecule has 3 unspecified atom stereocenters. The van der Waals surface area contributed by atoms with Gasteiger partial charge in [0.1, 0.15) is 5.82 Å². The summed E-state index contributed by atoms with van der Waals surface area (Å²) in [6.07, 6.45) is 13.7. The highest BCUT2D eigenvalue weighted by Crippen LogP contribution is 2.49. The minimum absolute atomic E-state index is 0.0691. The van der Waals surface area contributed by atoms with E-state index < -0.39 is 0 Å². The summed E-state index contributed by atoms with van der Waals surface area (Å²) in [5.41, 5.74) is 14.4. The van der Waals surface area contributed by atoms with Gasteiger partial charge < -0.3 is 4.57 Å². The molecule has 0 aliphatic heterocycles. The van der Waals surface area contributed by atoms with E-state index in [9.17, 15) is 0 Å². The monoisotopic (exact) mass is 755 g/mol. The minimum Gasteiger partial charge on any atom is -0.310 e. The average Bonchev–Trinajstić information content (AvgIpc) is 3.98. The minimum atomic E-state index is 0.0691. The summed E-state index contributed by atoms with van der Waals surface area (Å²) in [5, 5.41) is 3.78. The van der Waals surface area contributed by atoms with Crippen molar-refractivity contribution in [2.24, 2.45) is 5.92 Å². The molecular weight excluding hydrogens is 715 g/mol. The third kappa shape index (κ3) is 5.85. The largest absolute Gasteiger partial charge is 0.310 e. The normalized spacial score (nSPS) is 17.0. The smallest absolute Gasteiger partial charge is 0.145 e. The number of allylic oxidation sites excluding steroid dienone is 4. The first-order chi connectivity index (χ1) is 29.2. The molecule has 59 heavy (non-hydrogen) atoms. The molecular formula is C56H41N3. The van der Waals surface area contributed by atoms with Crippen LogP contribution in [0.4, 0.5) is 0 Å². The summed E-state index contributed by atoms with van der Waals surface area (Å²) in [5.74, 6) is 1.22. The maximum atomic E-state index is 5.16. The van der Waals surface area contributed by atoms with Gasteiger partial charge >= 0.3 is 0 Å². The molecule has 0 bridgehead atoms. The van der Waals surface area contributed by atoms with Crippen molar-refractivity contribution in [1.82, 2.24) is 14.1 Å². The van der Waals surface area contributed by atoms with Crippen LogP contribution >= 0.6 is 0 Å². The zero-order valence-electron chi connectivity index (χ0n) is 32.6. The molecule has 7 aromatic carbocycles. The molecule has 0 spiro atoms. The molecule has 2 heterocycles. The van der Waals surface area contributed by atoms with Crippen LogP contribution in [0.1, 0.15) is 39.7 Å². The third-order valence-electron chi connectivity index (χ3n) is 12.2. The zero-order valence-corrected chi connectivity index (χ0v) is 32.6. The molecule has 3 atom stereocenters. The average molecular weight is 756 g/mol. The Labute approximate surface area is 344 Å². The third-order valence-corrected chi connectivity index (χ3v) is 12.2. The molecule has 0 radical (unpaired) electrons. The quantitative estimate of drug-likeness (QED) is 0.142. The Morgan fingerprint density at radius 2 is 1.20 bits per heavy atom. The maximum absolute atomic E-state index is 5.16. The van der Waals surface area contributed by atoms with E-state index in [1.54, 1.807) is 0 Å². The SMILES string of the molecule is C=C/C=C\C1C=c2c(c3ccccc3n2-c2ccccc2)=CC1c1ccccc1C1=Cc2ccccc2C1c1ccc(-c2nc3ccccc3n2-c2ccccc2)cc1. The number of imidazole rings is 1. The lowest BCUT2D eigenvalue weighted by Crippen LogP contribution is -2.34. The van der Waals surface area contributed by atoms with E-state index in [0.717, 1.165) is 28.1 Å². The molecule has 3 nitrogen and oxygen atoms in total. The molecule has 0 saturated heterocycles. The topological polar surface area (TPSA) is 22.8 Å². The van der Waals surface area contributed by atoms with Crippen LogP contribution in [-0.4, -0.2) is 14.1 Å². The number of para-hydroxylation sites is 5. The van der Waals surface area contributed by atoms with Gasteiger partial charge in [-0.15, -0.1) is 0 Å². The van der Waals surface area contributed by atoms with Crippen LogP contribution < -0.4 is 10.6 Å². The number of hydrogen-bond acceptors (Lipinski definition) is 1. The maximum Gasteiger partial charge on any atom is 0.145 e. The van der Waals surface area contributed by atoms with Crippen molar-refractivity contribution in [3.8, 4) is 22.8 Å². The molecule has 2 aliphatic rings. The molecule has 0 saturated carbocycles. The van der Waals surface area contributed by atoms with Crippen LogP contribution in [0.15, 0.2) is 207 Å². The fourth-order valence-corrected chi connectivity index (χ4v) is 9.58. The first kappa shape index (κ1) is 34.7. The summed E-state index contributed by atoms with van der Waals surface area (Å²) in [6, 6.07) is 65.6. The molecule has 280 valence electrons. The molecule has 0 fully saturated rings. The summed E-state index contributed by atoms with van der Waals surface area (Å²) in [7, 11) is 0. The lowest BCUT2D eigenvalue weighted by Gasteiger charge is -2.27.